The quantitative estimate of drug-likeness (QED) is 0.470. The van der Waals surface area contributed by atoms with Gasteiger partial charge in [-0.1, -0.05) is 51.9 Å². The molecule has 0 saturated carbocycles. The number of hydrogen-bond donors (Lipinski definition) is 1. The van der Waals surface area contributed by atoms with Crippen molar-refractivity contribution in [2.45, 2.75) is 58.3 Å². The van der Waals surface area contributed by atoms with Gasteiger partial charge in [0.25, 0.3) is 0 Å². The van der Waals surface area contributed by atoms with Gasteiger partial charge in [-0.25, -0.2) is 0 Å². The van der Waals surface area contributed by atoms with Crippen LogP contribution in [0.25, 0.3) is 0 Å². The molecule has 0 saturated heterocycles. The fourth-order valence-corrected chi connectivity index (χ4v) is 1.25. The minimum Gasteiger partial charge on any atom is -0.396 e. The van der Waals surface area contributed by atoms with Crippen LogP contribution in [0.15, 0.2) is 0 Å². The van der Waals surface area contributed by atoms with Crippen LogP contribution < -0.4 is 0 Å². The molecule has 0 aromatic rings. The molecule has 0 rings (SSSR count). The summed E-state index contributed by atoms with van der Waals surface area (Å²) in [5.41, 5.74) is 0. The molecule has 0 aromatic heterocycles. The predicted octanol–water partition coefficient (Wildman–Crippen LogP) is 2.74. The summed E-state index contributed by atoms with van der Waals surface area (Å²) in [5.74, 6) is 0. The largest absolute Gasteiger partial charge is 0.396 e. The third kappa shape index (κ3) is 13.8. The maximum atomic E-state index is 8.51. The van der Waals surface area contributed by atoms with Gasteiger partial charge in [0, 0.05) is 44.3 Å². The van der Waals surface area contributed by atoms with Crippen LogP contribution in [-0.2, 0) is 0 Å². The molecule has 2 radical (unpaired) electrons. The van der Waals surface area contributed by atoms with Gasteiger partial charge >= 0.3 is 0 Å². The molecule has 0 aromatic carbocycles. The molecule has 0 aliphatic rings. The van der Waals surface area contributed by atoms with Crippen LogP contribution in [0.4, 0.5) is 0 Å². The van der Waals surface area contributed by atoms with Crippen LogP contribution >= 0.6 is 0 Å². The minimum absolute atomic E-state index is 0. The normalized spacial score (nSPS) is 9.50. The van der Waals surface area contributed by atoms with Crippen molar-refractivity contribution in [2.75, 3.05) is 6.61 Å². The van der Waals surface area contributed by atoms with Crippen LogP contribution in [0.1, 0.15) is 58.3 Å². The van der Waals surface area contributed by atoms with Gasteiger partial charge in [0.2, 0.25) is 0 Å². The number of aliphatic hydroxyl groups excluding tert-OH is 1. The first kappa shape index (κ1) is 15.7. The van der Waals surface area contributed by atoms with Crippen LogP contribution in [0.2, 0.25) is 0 Å². The van der Waals surface area contributed by atoms with Gasteiger partial charge in [-0.15, -0.1) is 0 Å². The summed E-state index contributed by atoms with van der Waals surface area (Å²) in [6.07, 6.45) is 10.4. The molecule has 0 aliphatic heterocycles. The Morgan fingerprint density at radius 3 is 1.58 bits per heavy atom. The Morgan fingerprint density at radius 2 is 1.17 bits per heavy atom. The molecule has 12 heavy (non-hydrogen) atoms. The van der Waals surface area contributed by atoms with E-state index in [-0.39, 0.29) is 37.7 Å². The zero-order valence-corrected chi connectivity index (χ0v) is 10.7. The van der Waals surface area contributed by atoms with E-state index in [0.29, 0.717) is 6.61 Å². The molecule has 0 amide bonds. The molecule has 1 N–H and O–H groups in total. The van der Waals surface area contributed by atoms with Crippen molar-refractivity contribution in [3.63, 3.8) is 0 Å². The molecule has 0 heterocycles. The van der Waals surface area contributed by atoms with E-state index in [1.807, 2.05) is 0 Å². The first-order chi connectivity index (χ1) is 5.41. The zero-order chi connectivity index (χ0) is 8.36. The molecular weight excluding hydrogens is 176 g/mol. The summed E-state index contributed by atoms with van der Waals surface area (Å²) in [4.78, 5) is 0. The van der Waals surface area contributed by atoms with Gasteiger partial charge in [-0.05, 0) is 6.42 Å². The zero-order valence-electron chi connectivity index (χ0n) is 8.52. The molecule has 0 atom stereocenters. The minimum atomic E-state index is 0. The molecule has 70 valence electrons. The van der Waals surface area contributed by atoms with Gasteiger partial charge < -0.3 is 5.11 Å². The Bertz CT molecular complexity index is 58.9. The van der Waals surface area contributed by atoms with E-state index in [9.17, 15) is 0 Å². The van der Waals surface area contributed by atoms with Crippen LogP contribution in [-0.4, -0.2) is 49.5 Å². The van der Waals surface area contributed by atoms with Crippen molar-refractivity contribution >= 4 is 37.7 Å². The Hall–Kier alpha value is 1.22. The van der Waals surface area contributed by atoms with Gasteiger partial charge in [-0.3, -0.25) is 0 Å². The SMILES string of the molecule is CCCCCCCCCCO.[Ca]. The fraction of sp³-hybridized carbons (Fsp3) is 1.00. The van der Waals surface area contributed by atoms with Gasteiger partial charge in [0.1, 0.15) is 0 Å². The summed E-state index contributed by atoms with van der Waals surface area (Å²) in [7, 11) is 0. The molecule has 0 fully saturated rings. The van der Waals surface area contributed by atoms with Crippen LogP contribution in [0.5, 0.6) is 0 Å². The summed E-state index contributed by atoms with van der Waals surface area (Å²) in [6.45, 7) is 2.61. The van der Waals surface area contributed by atoms with Crippen molar-refractivity contribution in [2.24, 2.45) is 0 Å². The predicted molar refractivity (Wildman–Crippen MR) is 55.4 cm³/mol. The van der Waals surface area contributed by atoms with E-state index in [4.69, 9.17) is 5.11 Å². The summed E-state index contributed by atoms with van der Waals surface area (Å²) < 4.78 is 0. The number of rotatable bonds is 8. The molecule has 1 nitrogen and oxygen atoms in total. The standard InChI is InChI=1S/C10H22O.Ca/c1-2-3-4-5-6-7-8-9-10-11;/h11H,2-10H2,1H3;. The topological polar surface area (TPSA) is 20.2 Å². The van der Waals surface area contributed by atoms with Gasteiger partial charge in [0.15, 0.2) is 0 Å². The van der Waals surface area contributed by atoms with Gasteiger partial charge in [0.05, 0.1) is 0 Å². The first-order valence-corrected chi connectivity index (χ1v) is 5.02. The molecule has 2 heteroatoms. The van der Waals surface area contributed by atoms with E-state index in [2.05, 4.69) is 6.92 Å². The number of hydrogen-bond acceptors (Lipinski definition) is 1. The van der Waals surface area contributed by atoms with Crippen molar-refractivity contribution in [1.29, 1.82) is 0 Å². The average Bonchev–Trinajstić information content (AvgIpc) is 2.03. The monoisotopic (exact) mass is 198 g/mol. The summed E-state index contributed by atoms with van der Waals surface area (Å²) in [5, 5.41) is 8.51. The maximum Gasteiger partial charge on any atom is 0.0431 e. The Morgan fingerprint density at radius 1 is 0.750 bits per heavy atom. The third-order valence-electron chi connectivity index (χ3n) is 2.01. The Kier molecular flexibility index (Phi) is 19.2. The molecular formula is C10H22CaO. The summed E-state index contributed by atoms with van der Waals surface area (Å²) in [6, 6.07) is 0. The molecule has 0 aliphatic carbocycles. The average molecular weight is 198 g/mol. The maximum absolute atomic E-state index is 8.51. The smallest absolute Gasteiger partial charge is 0.0431 e. The van der Waals surface area contributed by atoms with E-state index < -0.39 is 0 Å². The van der Waals surface area contributed by atoms with E-state index in [0.717, 1.165) is 6.42 Å². The van der Waals surface area contributed by atoms with Crippen LogP contribution in [0.3, 0.4) is 0 Å². The second kappa shape index (κ2) is 14.7. The summed E-state index contributed by atoms with van der Waals surface area (Å²) >= 11 is 0. The van der Waals surface area contributed by atoms with Crippen molar-refractivity contribution in [3.05, 3.63) is 0 Å². The first-order valence-electron chi connectivity index (χ1n) is 5.02. The molecule has 0 unspecified atom stereocenters. The van der Waals surface area contributed by atoms with Crippen molar-refractivity contribution in [3.8, 4) is 0 Å². The van der Waals surface area contributed by atoms with E-state index >= 15 is 0 Å². The fourth-order valence-electron chi connectivity index (χ4n) is 1.25. The van der Waals surface area contributed by atoms with Gasteiger partial charge in [-0.2, -0.15) is 0 Å². The second-order valence-electron chi connectivity index (χ2n) is 3.20. The second-order valence-corrected chi connectivity index (χ2v) is 3.20. The number of unbranched alkanes of at least 4 members (excludes halogenated alkanes) is 7. The third-order valence-corrected chi connectivity index (χ3v) is 2.01. The molecule has 0 spiro atoms. The Labute approximate surface area is 107 Å². The van der Waals surface area contributed by atoms with Crippen LogP contribution in [0, 0.1) is 0 Å². The Balaban J connectivity index is 0. The molecule has 0 bridgehead atoms. The number of aliphatic hydroxyl groups is 1. The van der Waals surface area contributed by atoms with E-state index in [1.165, 1.54) is 44.9 Å². The van der Waals surface area contributed by atoms with E-state index in [1.54, 1.807) is 0 Å². The van der Waals surface area contributed by atoms with Crippen molar-refractivity contribution < 1.29 is 5.11 Å². The van der Waals surface area contributed by atoms with Crippen molar-refractivity contribution in [1.82, 2.24) is 0 Å².